The van der Waals surface area contributed by atoms with E-state index in [1.165, 1.54) is 15.8 Å². The van der Waals surface area contributed by atoms with Crippen LogP contribution in [0.4, 0.5) is 0 Å². The number of aromatic nitrogens is 1. The maximum absolute atomic E-state index is 4.60. The molecule has 0 atom stereocenters. The molecule has 0 spiro atoms. The Balaban J connectivity index is 1.84. The normalized spacial score (nSPS) is 18.2. The van der Waals surface area contributed by atoms with Crippen LogP contribution in [0.1, 0.15) is 5.56 Å². The zero-order valence-electron chi connectivity index (χ0n) is 10.1. The summed E-state index contributed by atoms with van der Waals surface area (Å²) in [6.45, 7) is 1.03. The lowest BCUT2D eigenvalue weighted by Gasteiger charge is -2.29. The monoisotopic (exact) mass is 285 g/mol. The third-order valence-corrected chi connectivity index (χ3v) is 4.72. The Morgan fingerprint density at radius 2 is 2.26 bits per heavy atom. The van der Waals surface area contributed by atoms with Crippen LogP contribution >= 0.6 is 23.3 Å². The van der Waals surface area contributed by atoms with Crippen molar-refractivity contribution < 1.29 is 0 Å². The molecule has 2 aliphatic rings. The molecule has 0 saturated heterocycles. The second-order valence-corrected chi connectivity index (χ2v) is 6.13. The summed E-state index contributed by atoms with van der Waals surface area (Å²) in [6, 6.07) is 6.42. The largest absolute Gasteiger partial charge is 0.331 e. The standard InChI is InChI=1S/C14H11N3S2/c1-2-11(14-16-19-7-6-17(14)5-1)10-3-4-12-13(8-10)18-9-15-12/h1-5,8-9H,6-7H2. The molecule has 94 valence electrons. The predicted octanol–water partition coefficient (Wildman–Crippen LogP) is 3.57. The number of hydrogen-bond donors (Lipinski definition) is 0. The van der Waals surface area contributed by atoms with Crippen molar-refractivity contribution in [3.05, 3.63) is 47.6 Å². The first-order valence-electron chi connectivity index (χ1n) is 6.11. The number of benzene rings is 1. The Kier molecular flexibility index (Phi) is 2.67. The minimum Gasteiger partial charge on any atom is -0.331 e. The van der Waals surface area contributed by atoms with Crippen molar-refractivity contribution in [1.82, 2.24) is 9.88 Å². The van der Waals surface area contributed by atoms with E-state index in [-0.39, 0.29) is 0 Å². The van der Waals surface area contributed by atoms with Crippen molar-refractivity contribution in [2.45, 2.75) is 0 Å². The van der Waals surface area contributed by atoms with Crippen molar-refractivity contribution >= 4 is 44.9 Å². The lowest BCUT2D eigenvalue weighted by atomic mass is 10.0. The smallest absolute Gasteiger partial charge is 0.148 e. The van der Waals surface area contributed by atoms with Crippen molar-refractivity contribution in [1.29, 1.82) is 0 Å². The molecular weight excluding hydrogens is 274 g/mol. The van der Waals surface area contributed by atoms with Gasteiger partial charge in [-0.3, -0.25) is 0 Å². The highest BCUT2D eigenvalue weighted by atomic mass is 32.2. The van der Waals surface area contributed by atoms with Crippen LogP contribution in [0.2, 0.25) is 0 Å². The van der Waals surface area contributed by atoms with Crippen molar-refractivity contribution in [2.75, 3.05) is 12.3 Å². The van der Waals surface area contributed by atoms with Crippen molar-refractivity contribution in [2.24, 2.45) is 4.40 Å². The molecule has 0 aliphatic carbocycles. The van der Waals surface area contributed by atoms with Crippen LogP contribution in [0.25, 0.3) is 15.8 Å². The van der Waals surface area contributed by atoms with Crippen molar-refractivity contribution in [3.8, 4) is 0 Å². The van der Waals surface area contributed by atoms with E-state index >= 15 is 0 Å². The van der Waals surface area contributed by atoms with Gasteiger partial charge in [0.1, 0.15) is 5.84 Å². The Morgan fingerprint density at radius 3 is 3.26 bits per heavy atom. The molecule has 0 unspecified atom stereocenters. The molecule has 0 saturated carbocycles. The lowest BCUT2D eigenvalue weighted by Crippen LogP contribution is -2.32. The quantitative estimate of drug-likeness (QED) is 0.750. The molecule has 0 amide bonds. The van der Waals surface area contributed by atoms with E-state index in [9.17, 15) is 0 Å². The van der Waals surface area contributed by atoms with Crippen LogP contribution in [0, 0.1) is 0 Å². The number of hydrogen-bond acceptors (Lipinski definition) is 5. The van der Waals surface area contributed by atoms with Crippen LogP contribution < -0.4 is 0 Å². The highest BCUT2D eigenvalue weighted by molar-refractivity contribution is 7.98. The zero-order chi connectivity index (χ0) is 12.7. The molecule has 0 radical (unpaired) electrons. The maximum atomic E-state index is 4.60. The van der Waals surface area contributed by atoms with Gasteiger partial charge in [-0.15, -0.1) is 11.3 Å². The molecule has 2 aromatic rings. The van der Waals surface area contributed by atoms with E-state index in [2.05, 4.69) is 50.8 Å². The number of fused-ring (bicyclic) bond motifs is 2. The van der Waals surface area contributed by atoms with Crippen LogP contribution in [0.5, 0.6) is 0 Å². The molecule has 3 heterocycles. The number of thiazole rings is 1. The summed E-state index contributed by atoms with van der Waals surface area (Å²) >= 11 is 3.33. The first-order valence-corrected chi connectivity index (χ1v) is 7.93. The zero-order valence-corrected chi connectivity index (χ0v) is 11.7. The van der Waals surface area contributed by atoms with E-state index in [1.807, 2.05) is 5.51 Å². The van der Waals surface area contributed by atoms with Gasteiger partial charge in [-0.1, -0.05) is 6.07 Å². The molecule has 4 rings (SSSR count). The van der Waals surface area contributed by atoms with Gasteiger partial charge in [0.25, 0.3) is 0 Å². The Hall–Kier alpha value is -1.59. The van der Waals surface area contributed by atoms with E-state index in [4.69, 9.17) is 0 Å². The molecule has 0 fully saturated rings. The molecule has 1 aromatic heterocycles. The molecule has 2 aliphatic heterocycles. The average Bonchev–Trinajstić information content (AvgIpc) is 2.94. The van der Waals surface area contributed by atoms with Gasteiger partial charge in [-0.25, -0.2) is 4.98 Å². The Labute approximate surface area is 119 Å². The van der Waals surface area contributed by atoms with Crippen LogP contribution in [0.15, 0.2) is 46.5 Å². The van der Waals surface area contributed by atoms with Crippen molar-refractivity contribution in [3.63, 3.8) is 0 Å². The van der Waals surface area contributed by atoms with Gasteiger partial charge in [0.2, 0.25) is 0 Å². The number of rotatable bonds is 1. The summed E-state index contributed by atoms with van der Waals surface area (Å²) in [5.41, 5.74) is 5.37. The van der Waals surface area contributed by atoms with E-state index in [1.54, 1.807) is 23.3 Å². The fourth-order valence-corrected chi connectivity index (χ4v) is 3.73. The summed E-state index contributed by atoms with van der Waals surface area (Å²) < 4.78 is 5.83. The third kappa shape index (κ3) is 1.89. The van der Waals surface area contributed by atoms with Gasteiger partial charge in [0.15, 0.2) is 0 Å². The first kappa shape index (κ1) is 11.3. The second kappa shape index (κ2) is 4.51. The fourth-order valence-electron chi connectivity index (χ4n) is 2.32. The fraction of sp³-hybridized carbons (Fsp3) is 0.143. The Bertz CT molecular complexity index is 727. The molecule has 5 heteroatoms. The summed E-state index contributed by atoms with van der Waals surface area (Å²) in [4.78, 5) is 6.55. The predicted molar refractivity (Wildman–Crippen MR) is 83.3 cm³/mol. The molecule has 3 nitrogen and oxygen atoms in total. The van der Waals surface area contributed by atoms with Gasteiger partial charge in [0.05, 0.1) is 15.7 Å². The summed E-state index contributed by atoms with van der Waals surface area (Å²) in [6.07, 6.45) is 6.35. The van der Waals surface area contributed by atoms with E-state index < -0.39 is 0 Å². The SMILES string of the molecule is C1=CN2CCSN=C2C(c2ccc3ncsc3c2)=C1. The molecule has 1 aromatic carbocycles. The topological polar surface area (TPSA) is 28.5 Å². The molecule has 19 heavy (non-hydrogen) atoms. The molecule has 0 N–H and O–H groups in total. The highest BCUT2D eigenvalue weighted by Gasteiger charge is 2.21. The van der Waals surface area contributed by atoms with Crippen LogP contribution in [0.3, 0.4) is 0 Å². The van der Waals surface area contributed by atoms with E-state index in [0.717, 1.165) is 23.6 Å². The summed E-state index contributed by atoms with van der Waals surface area (Å²) in [5.74, 6) is 2.12. The van der Waals surface area contributed by atoms with E-state index in [0.29, 0.717) is 0 Å². The second-order valence-electron chi connectivity index (χ2n) is 4.40. The molecular formula is C14H11N3S2. The van der Waals surface area contributed by atoms with Gasteiger partial charge in [-0.05, 0) is 41.8 Å². The molecule has 0 bridgehead atoms. The minimum absolute atomic E-state index is 1.03. The number of amidine groups is 1. The van der Waals surface area contributed by atoms with Gasteiger partial charge in [-0.2, -0.15) is 4.40 Å². The maximum Gasteiger partial charge on any atom is 0.148 e. The minimum atomic E-state index is 1.03. The number of allylic oxidation sites excluding steroid dienone is 2. The first-order chi connectivity index (χ1) is 9.42. The number of nitrogens with zero attached hydrogens (tertiary/aromatic N) is 3. The lowest BCUT2D eigenvalue weighted by molar-refractivity contribution is 0.594. The van der Waals surface area contributed by atoms with Crippen LogP contribution in [-0.4, -0.2) is 28.0 Å². The van der Waals surface area contributed by atoms with Gasteiger partial charge in [0, 0.05) is 24.1 Å². The highest BCUT2D eigenvalue weighted by Crippen LogP contribution is 2.29. The average molecular weight is 285 g/mol. The third-order valence-electron chi connectivity index (χ3n) is 3.26. The van der Waals surface area contributed by atoms with Gasteiger partial charge >= 0.3 is 0 Å². The summed E-state index contributed by atoms with van der Waals surface area (Å²) in [7, 11) is 0. The summed E-state index contributed by atoms with van der Waals surface area (Å²) in [5, 5.41) is 0. The van der Waals surface area contributed by atoms with Gasteiger partial charge < -0.3 is 4.90 Å². The van der Waals surface area contributed by atoms with Crippen LogP contribution in [-0.2, 0) is 0 Å². The Morgan fingerprint density at radius 1 is 1.26 bits per heavy atom.